The number of hydrogen-bond acceptors (Lipinski definition) is 4. The third-order valence-electron chi connectivity index (χ3n) is 3.13. The predicted octanol–water partition coefficient (Wildman–Crippen LogP) is -0.103. The van der Waals surface area contributed by atoms with E-state index in [0.29, 0.717) is 19.0 Å². The van der Waals surface area contributed by atoms with Crippen LogP contribution < -0.4 is 10.6 Å². The molecular formula is C13H25N3O3. The van der Waals surface area contributed by atoms with Crippen LogP contribution in [0.2, 0.25) is 0 Å². The van der Waals surface area contributed by atoms with E-state index >= 15 is 0 Å². The minimum atomic E-state index is -0.830. The molecule has 1 amide bonds. The van der Waals surface area contributed by atoms with Gasteiger partial charge >= 0.3 is 5.97 Å². The first-order chi connectivity index (χ1) is 8.97. The summed E-state index contributed by atoms with van der Waals surface area (Å²) in [6, 6.07) is 0.172. The first kappa shape index (κ1) is 15.9. The first-order valence-corrected chi connectivity index (χ1v) is 6.91. The fourth-order valence-corrected chi connectivity index (χ4v) is 2.42. The van der Waals surface area contributed by atoms with E-state index in [2.05, 4.69) is 15.5 Å². The summed E-state index contributed by atoms with van der Waals surface area (Å²) in [5.74, 6) is -0.335. The molecule has 0 aromatic carbocycles. The Morgan fingerprint density at radius 2 is 2.16 bits per heavy atom. The lowest BCUT2D eigenvalue weighted by molar-refractivity contribution is -0.136. The quantitative estimate of drug-likeness (QED) is 0.602. The van der Waals surface area contributed by atoms with Crippen LogP contribution in [0.4, 0.5) is 0 Å². The van der Waals surface area contributed by atoms with Gasteiger partial charge in [0.05, 0.1) is 13.1 Å². The number of nitrogens with zero attached hydrogens (tertiary/aromatic N) is 1. The number of aliphatic carboxylic acids is 1. The topological polar surface area (TPSA) is 81.7 Å². The van der Waals surface area contributed by atoms with Crippen molar-refractivity contribution >= 4 is 11.9 Å². The highest BCUT2D eigenvalue weighted by Gasteiger charge is 2.21. The summed E-state index contributed by atoms with van der Waals surface area (Å²) in [5.41, 5.74) is 0. The number of nitrogens with one attached hydrogen (secondary N) is 2. The third kappa shape index (κ3) is 7.12. The van der Waals surface area contributed by atoms with E-state index in [0.717, 1.165) is 25.9 Å². The Bertz CT molecular complexity index is 308. The zero-order valence-corrected chi connectivity index (χ0v) is 11.8. The van der Waals surface area contributed by atoms with Gasteiger partial charge in [0.2, 0.25) is 5.91 Å². The van der Waals surface area contributed by atoms with Gasteiger partial charge in [-0.1, -0.05) is 0 Å². The van der Waals surface area contributed by atoms with Crippen LogP contribution in [0.15, 0.2) is 0 Å². The van der Waals surface area contributed by atoms with Gasteiger partial charge < -0.3 is 15.7 Å². The second-order valence-electron chi connectivity index (χ2n) is 5.49. The first-order valence-electron chi connectivity index (χ1n) is 6.91. The Labute approximate surface area is 114 Å². The number of rotatable bonds is 7. The van der Waals surface area contributed by atoms with Crippen LogP contribution in [0.1, 0.15) is 26.7 Å². The fraction of sp³-hybridized carbons (Fsp3) is 0.846. The van der Waals surface area contributed by atoms with Crippen molar-refractivity contribution < 1.29 is 14.7 Å². The molecular weight excluding hydrogens is 246 g/mol. The molecule has 1 atom stereocenters. The number of carboxylic acid groups (broad SMARTS) is 1. The molecule has 1 saturated heterocycles. The summed E-state index contributed by atoms with van der Waals surface area (Å²) >= 11 is 0. The summed E-state index contributed by atoms with van der Waals surface area (Å²) in [6.45, 7) is 6.85. The van der Waals surface area contributed by atoms with Crippen molar-refractivity contribution in [1.82, 2.24) is 15.5 Å². The molecule has 6 nitrogen and oxygen atoms in total. The highest BCUT2D eigenvalue weighted by Crippen LogP contribution is 2.15. The largest absolute Gasteiger partial charge is 0.480 e. The fourth-order valence-electron chi connectivity index (χ4n) is 2.42. The van der Waals surface area contributed by atoms with Gasteiger partial charge in [0.1, 0.15) is 0 Å². The molecule has 1 aliphatic heterocycles. The van der Waals surface area contributed by atoms with Gasteiger partial charge in [0, 0.05) is 12.6 Å². The number of carbonyl (C=O) groups excluding carboxylic acids is 1. The molecule has 110 valence electrons. The van der Waals surface area contributed by atoms with Gasteiger partial charge in [0.25, 0.3) is 0 Å². The maximum absolute atomic E-state index is 11.7. The lowest BCUT2D eigenvalue weighted by atomic mass is 9.98. The number of piperidine rings is 1. The van der Waals surface area contributed by atoms with Crippen LogP contribution in [-0.4, -0.2) is 60.6 Å². The summed E-state index contributed by atoms with van der Waals surface area (Å²) in [6.07, 6.45) is 2.16. The lowest BCUT2D eigenvalue weighted by Gasteiger charge is -2.32. The van der Waals surface area contributed by atoms with E-state index < -0.39 is 5.97 Å². The van der Waals surface area contributed by atoms with E-state index in [-0.39, 0.29) is 18.5 Å². The molecule has 0 aromatic rings. The van der Waals surface area contributed by atoms with E-state index in [1.807, 2.05) is 13.8 Å². The van der Waals surface area contributed by atoms with Crippen molar-refractivity contribution in [3.63, 3.8) is 0 Å². The number of carboxylic acids is 1. The summed E-state index contributed by atoms with van der Waals surface area (Å²) < 4.78 is 0. The average Bonchev–Trinajstić information content (AvgIpc) is 2.27. The molecule has 1 heterocycles. The second kappa shape index (κ2) is 8.12. The number of amides is 1. The monoisotopic (exact) mass is 271 g/mol. The third-order valence-corrected chi connectivity index (χ3v) is 3.13. The molecule has 1 fully saturated rings. The van der Waals surface area contributed by atoms with Crippen LogP contribution >= 0.6 is 0 Å². The molecule has 0 aliphatic carbocycles. The summed E-state index contributed by atoms with van der Waals surface area (Å²) in [7, 11) is 0. The van der Waals surface area contributed by atoms with Gasteiger partial charge in [-0.3, -0.25) is 14.5 Å². The summed E-state index contributed by atoms with van der Waals surface area (Å²) in [4.78, 5) is 24.3. The molecule has 1 rings (SSSR count). The minimum Gasteiger partial charge on any atom is -0.480 e. The van der Waals surface area contributed by atoms with E-state index in [4.69, 9.17) is 5.11 Å². The average molecular weight is 271 g/mol. The van der Waals surface area contributed by atoms with E-state index in [9.17, 15) is 9.59 Å². The molecule has 0 saturated carbocycles. The van der Waals surface area contributed by atoms with Crippen molar-refractivity contribution in [3.8, 4) is 0 Å². The summed E-state index contributed by atoms with van der Waals surface area (Å²) in [5, 5.41) is 14.4. The molecule has 0 aromatic heterocycles. The Morgan fingerprint density at radius 3 is 2.79 bits per heavy atom. The van der Waals surface area contributed by atoms with Gasteiger partial charge in [-0.05, 0) is 45.7 Å². The van der Waals surface area contributed by atoms with Gasteiger partial charge in [-0.2, -0.15) is 0 Å². The zero-order valence-electron chi connectivity index (χ0n) is 11.8. The van der Waals surface area contributed by atoms with Crippen molar-refractivity contribution in [2.75, 3.05) is 32.7 Å². The zero-order chi connectivity index (χ0) is 14.3. The number of carbonyl (C=O) groups is 2. The maximum atomic E-state index is 11.7. The van der Waals surface area contributed by atoms with E-state index in [1.165, 1.54) is 0 Å². The van der Waals surface area contributed by atoms with Crippen molar-refractivity contribution in [2.45, 2.75) is 32.7 Å². The smallest absolute Gasteiger partial charge is 0.317 e. The molecule has 1 aliphatic rings. The van der Waals surface area contributed by atoms with Crippen LogP contribution in [0.5, 0.6) is 0 Å². The highest BCUT2D eigenvalue weighted by molar-refractivity contribution is 5.78. The molecule has 19 heavy (non-hydrogen) atoms. The van der Waals surface area contributed by atoms with Crippen molar-refractivity contribution in [2.24, 2.45) is 5.92 Å². The Hall–Kier alpha value is -1.14. The molecule has 0 bridgehead atoms. The minimum absolute atomic E-state index is 0.00430. The van der Waals surface area contributed by atoms with Crippen LogP contribution in [-0.2, 0) is 9.59 Å². The predicted molar refractivity (Wildman–Crippen MR) is 72.9 cm³/mol. The number of hydrogen-bond donors (Lipinski definition) is 3. The van der Waals surface area contributed by atoms with Crippen LogP contribution in [0, 0.1) is 5.92 Å². The van der Waals surface area contributed by atoms with Crippen LogP contribution in [0.25, 0.3) is 0 Å². The van der Waals surface area contributed by atoms with Crippen molar-refractivity contribution in [1.29, 1.82) is 0 Å². The van der Waals surface area contributed by atoms with Gasteiger partial charge in [0.15, 0.2) is 0 Å². The molecule has 0 radical (unpaired) electrons. The second-order valence-corrected chi connectivity index (χ2v) is 5.49. The van der Waals surface area contributed by atoms with Crippen molar-refractivity contribution in [3.05, 3.63) is 0 Å². The van der Waals surface area contributed by atoms with E-state index in [1.54, 1.807) is 0 Å². The lowest BCUT2D eigenvalue weighted by Crippen LogP contribution is -2.46. The Balaban J connectivity index is 2.25. The number of likely N-dealkylation sites (tertiary alicyclic amines) is 1. The maximum Gasteiger partial charge on any atom is 0.317 e. The molecule has 0 spiro atoms. The van der Waals surface area contributed by atoms with Gasteiger partial charge in [-0.15, -0.1) is 0 Å². The van der Waals surface area contributed by atoms with Crippen LogP contribution in [0.3, 0.4) is 0 Å². The highest BCUT2D eigenvalue weighted by atomic mass is 16.4. The van der Waals surface area contributed by atoms with Gasteiger partial charge in [-0.25, -0.2) is 0 Å². The normalized spacial score (nSPS) is 20.5. The molecule has 6 heteroatoms. The molecule has 1 unspecified atom stereocenters. The molecule has 3 N–H and O–H groups in total. The Kier molecular flexibility index (Phi) is 6.80. The SMILES string of the molecule is CC(C)NC(=O)CN1CCCC(CNCC(=O)O)C1. The Morgan fingerprint density at radius 1 is 1.42 bits per heavy atom. The standard InChI is InChI=1S/C13H25N3O3/c1-10(2)15-12(17)9-16-5-3-4-11(8-16)6-14-7-13(18)19/h10-11,14H,3-9H2,1-2H3,(H,15,17)(H,18,19).